The van der Waals surface area contributed by atoms with Gasteiger partial charge in [0, 0.05) is 30.9 Å². The van der Waals surface area contributed by atoms with Gasteiger partial charge in [0.1, 0.15) is 8.07 Å². The molecule has 2 unspecified atom stereocenters. The number of hydrogen-bond acceptors (Lipinski definition) is 5. The van der Waals surface area contributed by atoms with E-state index in [0.717, 1.165) is 34.9 Å². The zero-order valence-corrected chi connectivity index (χ0v) is 32.5. The van der Waals surface area contributed by atoms with Gasteiger partial charge in [-0.15, -0.1) is 34.0 Å². The Morgan fingerprint density at radius 2 is 1.47 bits per heavy atom. The van der Waals surface area contributed by atoms with Crippen LogP contribution in [0.15, 0.2) is 42.5 Å². The molecule has 2 aliphatic heterocycles. The van der Waals surface area contributed by atoms with Crippen LogP contribution < -0.4 is 10.4 Å². The molecule has 2 amide bonds. The van der Waals surface area contributed by atoms with Crippen molar-refractivity contribution in [2.45, 2.75) is 117 Å². The number of aryl methyl sites for hydroxylation is 3. The molecule has 5 heterocycles. The normalized spacial score (nSPS) is 17.4. The van der Waals surface area contributed by atoms with Crippen LogP contribution in [0.4, 0.5) is 0 Å². The van der Waals surface area contributed by atoms with Gasteiger partial charge in [0.05, 0.1) is 16.0 Å². The molecule has 0 aliphatic carbocycles. The number of rotatable bonds is 17. The quantitative estimate of drug-likeness (QED) is 0.0624. The Morgan fingerprint density at radius 1 is 0.745 bits per heavy atom. The molecular weight excluding hydrogens is 651 g/mol. The van der Waals surface area contributed by atoms with E-state index in [1.165, 1.54) is 93.4 Å². The monoisotopic (exact) mass is 701 g/mol. The minimum Gasteiger partial charge on any atom is -0.274 e. The Hall–Kier alpha value is -2.32. The third-order valence-corrected chi connectivity index (χ3v) is 20.0. The van der Waals surface area contributed by atoms with E-state index in [1.54, 1.807) is 21.7 Å². The Labute approximate surface area is 295 Å². The predicted molar refractivity (Wildman–Crippen MR) is 207 cm³/mol. The standard InChI is InChI=1S/C40H51NO2S3Si/c1-6-9-11-17-23-47(26-29(8-3)18-10-7-2)32-24-27(4)44-37(32)38-33(47)25-31(46-38)36-35-34(28(5)45-36)39(42)41(40(35)43)22-16-15-21-30-19-13-12-14-20-30/h12-14,19-20,24-25,29H,6-11,15-18,21-23,26H2,1-5H3. The van der Waals surface area contributed by atoms with E-state index in [1.807, 2.05) is 35.7 Å². The zero-order chi connectivity index (χ0) is 33.1. The second-order valence-corrected chi connectivity index (χ2v) is 21.6. The molecule has 2 aliphatic rings. The number of amides is 2. The number of unbranched alkanes of at least 4 members (excludes halogenated alkanes) is 5. The lowest BCUT2D eigenvalue weighted by Gasteiger charge is -2.33. The highest BCUT2D eigenvalue weighted by atomic mass is 32.1. The first-order valence-corrected chi connectivity index (χ1v) is 23.0. The number of thiophene rings is 3. The fourth-order valence-corrected chi connectivity index (χ4v) is 19.2. The summed E-state index contributed by atoms with van der Waals surface area (Å²) in [6.07, 6.45) is 13.1. The fourth-order valence-electron chi connectivity index (χ4n) is 8.08. The molecule has 47 heavy (non-hydrogen) atoms. The van der Waals surface area contributed by atoms with Crippen LogP contribution in [0.25, 0.3) is 19.5 Å². The van der Waals surface area contributed by atoms with Gasteiger partial charge in [0.25, 0.3) is 11.8 Å². The van der Waals surface area contributed by atoms with Crippen LogP contribution in [0.5, 0.6) is 0 Å². The molecule has 0 bridgehead atoms. The Bertz CT molecular complexity index is 1720. The molecule has 3 aromatic heterocycles. The highest BCUT2D eigenvalue weighted by Crippen LogP contribution is 2.49. The molecule has 0 fully saturated rings. The molecule has 3 nitrogen and oxygen atoms in total. The number of nitrogens with zero attached hydrogens (tertiary/aromatic N) is 1. The number of carbonyl (C=O) groups is 2. The van der Waals surface area contributed by atoms with Gasteiger partial charge < -0.3 is 0 Å². The molecule has 7 heteroatoms. The Kier molecular flexibility index (Phi) is 11.1. The summed E-state index contributed by atoms with van der Waals surface area (Å²) >= 11 is 5.56. The van der Waals surface area contributed by atoms with Crippen molar-refractivity contribution in [1.82, 2.24) is 4.90 Å². The van der Waals surface area contributed by atoms with E-state index >= 15 is 0 Å². The molecule has 2 atom stereocenters. The van der Waals surface area contributed by atoms with Gasteiger partial charge >= 0.3 is 0 Å². The maximum absolute atomic E-state index is 14.0. The maximum atomic E-state index is 14.0. The van der Waals surface area contributed by atoms with E-state index in [9.17, 15) is 9.59 Å². The molecule has 0 radical (unpaired) electrons. The first-order valence-electron chi connectivity index (χ1n) is 18.1. The zero-order valence-electron chi connectivity index (χ0n) is 29.0. The molecule has 0 saturated heterocycles. The average molecular weight is 702 g/mol. The summed E-state index contributed by atoms with van der Waals surface area (Å²) in [5.41, 5.74) is 2.64. The van der Waals surface area contributed by atoms with Crippen molar-refractivity contribution in [2.75, 3.05) is 6.54 Å². The highest BCUT2D eigenvalue weighted by Gasteiger charge is 2.49. The smallest absolute Gasteiger partial charge is 0.263 e. The van der Waals surface area contributed by atoms with Crippen LogP contribution in [0.1, 0.15) is 121 Å². The van der Waals surface area contributed by atoms with Crippen LogP contribution in [0.2, 0.25) is 12.1 Å². The van der Waals surface area contributed by atoms with Gasteiger partial charge in [0.15, 0.2) is 0 Å². The largest absolute Gasteiger partial charge is 0.274 e. The lowest BCUT2D eigenvalue weighted by Crippen LogP contribution is -2.55. The average Bonchev–Trinajstić information content (AvgIpc) is 3.86. The second kappa shape index (κ2) is 15.1. The highest BCUT2D eigenvalue weighted by molar-refractivity contribution is 7.32. The summed E-state index contributed by atoms with van der Waals surface area (Å²) in [6, 6.07) is 18.2. The summed E-state index contributed by atoms with van der Waals surface area (Å²) in [4.78, 5) is 36.9. The van der Waals surface area contributed by atoms with E-state index < -0.39 is 8.07 Å². The van der Waals surface area contributed by atoms with Crippen LogP contribution in [-0.2, 0) is 6.42 Å². The van der Waals surface area contributed by atoms with Crippen molar-refractivity contribution in [1.29, 1.82) is 0 Å². The summed E-state index contributed by atoms with van der Waals surface area (Å²) in [6.45, 7) is 11.8. The molecule has 0 N–H and O–H groups in total. The third kappa shape index (κ3) is 6.67. The lowest BCUT2D eigenvalue weighted by molar-refractivity contribution is 0.0652. The van der Waals surface area contributed by atoms with Crippen molar-refractivity contribution in [3.63, 3.8) is 0 Å². The van der Waals surface area contributed by atoms with Gasteiger partial charge in [-0.3, -0.25) is 14.5 Å². The maximum Gasteiger partial charge on any atom is 0.263 e. The van der Waals surface area contributed by atoms with Gasteiger partial charge in [-0.1, -0.05) is 102 Å². The van der Waals surface area contributed by atoms with Crippen LogP contribution in [0.3, 0.4) is 0 Å². The molecule has 1 aromatic carbocycles. The number of benzene rings is 1. The predicted octanol–water partition coefficient (Wildman–Crippen LogP) is 11.1. The number of imide groups is 1. The topological polar surface area (TPSA) is 37.4 Å². The fraction of sp³-hybridized carbons (Fsp3) is 0.500. The summed E-state index contributed by atoms with van der Waals surface area (Å²) < 4.78 is 0. The van der Waals surface area contributed by atoms with Crippen LogP contribution in [-0.4, -0.2) is 31.3 Å². The molecule has 6 rings (SSSR count). The number of hydrogen-bond donors (Lipinski definition) is 0. The minimum atomic E-state index is -2.00. The molecular formula is C40H51NO2S3Si. The van der Waals surface area contributed by atoms with Crippen LogP contribution in [0, 0.1) is 19.8 Å². The van der Waals surface area contributed by atoms with E-state index in [4.69, 9.17) is 0 Å². The SMILES string of the molecule is CCCCCC[Si]1(CC(CC)CCCC)c2cc(C)sc2-c2sc(-c3sc(C)c4c3C(=O)N(CCCCc3ccccc3)C4=O)cc21. The van der Waals surface area contributed by atoms with Crippen LogP contribution >= 0.6 is 34.0 Å². The van der Waals surface area contributed by atoms with E-state index in [2.05, 4.69) is 64.1 Å². The third-order valence-electron chi connectivity index (χ3n) is 10.6. The summed E-state index contributed by atoms with van der Waals surface area (Å²) in [7, 11) is -2.00. The van der Waals surface area contributed by atoms with Crippen molar-refractivity contribution < 1.29 is 9.59 Å². The van der Waals surface area contributed by atoms with Gasteiger partial charge in [-0.2, -0.15) is 0 Å². The van der Waals surface area contributed by atoms with Crippen molar-refractivity contribution in [3.8, 4) is 19.5 Å². The van der Waals surface area contributed by atoms with Crippen molar-refractivity contribution >= 4 is 64.3 Å². The Morgan fingerprint density at radius 3 is 2.21 bits per heavy atom. The number of fused-ring (bicyclic) bond motifs is 4. The minimum absolute atomic E-state index is 0.0843. The first-order chi connectivity index (χ1) is 22.8. The van der Waals surface area contributed by atoms with Crippen molar-refractivity contribution in [2.24, 2.45) is 5.92 Å². The molecule has 0 spiro atoms. The lowest BCUT2D eigenvalue weighted by atomic mass is 10.0. The molecule has 4 aromatic rings. The first kappa shape index (κ1) is 34.5. The Balaban J connectivity index is 1.32. The molecule has 0 saturated carbocycles. The molecule has 250 valence electrons. The van der Waals surface area contributed by atoms with E-state index in [0.29, 0.717) is 17.7 Å². The van der Waals surface area contributed by atoms with Gasteiger partial charge in [-0.05, 0) is 79.2 Å². The number of carbonyl (C=O) groups excluding carboxylic acids is 2. The van der Waals surface area contributed by atoms with Gasteiger partial charge in [-0.25, -0.2) is 0 Å². The van der Waals surface area contributed by atoms with E-state index in [-0.39, 0.29) is 11.8 Å². The summed E-state index contributed by atoms with van der Waals surface area (Å²) in [5, 5.41) is 3.35. The summed E-state index contributed by atoms with van der Waals surface area (Å²) in [5.74, 6) is 0.586. The second-order valence-electron chi connectivity index (χ2n) is 13.9. The van der Waals surface area contributed by atoms with Gasteiger partial charge in [0.2, 0.25) is 0 Å². The van der Waals surface area contributed by atoms with Crippen molar-refractivity contribution in [3.05, 3.63) is 68.9 Å².